The SMILES string of the molecule is COC(=O)[C@@H](CCO[Si](C)(C)C(C)(C)C)NC(=O)Cc1ccc(C(F)(F)F)cc1. The molecule has 0 fully saturated rings. The predicted octanol–water partition coefficient (Wildman–Crippen LogP) is 4.32. The summed E-state index contributed by atoms with van der Waals surface area (Å²) >= 11 is 0. The van der Waals surface area contributed by atoms with Crippen LogP contribution in [0.25, 0.3) is 0 Å². The second-order valence-electron chi connectivity index (χ2n) is 8.41. The third-order valence-electron chi connectivity index (χ3n) is 5.14. The second kappa shape index (κ2) is 9.75. The number of nitrogens with one attached hydrogen (secondary N) is 1. The van der Waals surface area contributed by atoms with Gasteiger partial charge in [-0.1, -0.05) is 32.9 Å². The van der Waals surface area contributed by atoms with Crippen LogP contribution in [-0.2, 0) is 31.3 Å². The van der Waals surface area contributed by atoms with Gasteiger partial charge in [0.15, 0.2) is 8.32 Å². The molecule has 0 aliphatic heterocycles. The van der Waals surface area contributed by atoms with Crippen molar-refractivity contribution in [3.8, 4) is 0 Å². The number of amides is 1. The molecule has 0 aliphatic carbocycles. The number of halogens is 3. The number of alkyl halides is 3. The Morgan fingerprint density at radius 3 is 2.10 bits per heavy atom. The number of hydrogen-bond acceptors (Lipinski definition) is 4. The summed E-state index contributed by atoms with van der Waals surface area (Å²) in [6, 6.07) is 3.46. The number of carbonyl (C=O) groups is 2. The summed E-state index contributed by atoms with van der Waals surface area (Å²) in [4.78, 5) is 24.3. The lowest BCUT2D eigenvalue weighted by molar-refractivity contribution is -0.145. The molecule has 164 valence electrons. The number of rotatable bonds is 8. The van der Waals surface area contributed by atoms with Crippen LogP contribution in [0.3, 0.4) is 0 Å². The molecule has 1 N–H and O–H groups in total. The fourth-order valence-corrected chi connectivity index (χ4v) is 3.34. The number of benzene rings is 1. The van der Waals surface area contributed by atoms with Crippen molar-refractivity contribution in [2.24, 2.45) is 0 Å². The lowest BCUT2D eigenvalue weighted by Gasteiger charge is -2.36. The average Bonchev–Trinajstić information content (AvgIpc) is 2.58. The number of hydrogen-bond donors (Lipinski definition) is 1. The molecule has 1 atom stereocenters. The molecule has 5 nitrogen and oxygen atoms in total. The first kappa shape index (κ1) is 25.2. The summed E-state index contributed by atoms with van der Waals surface area (Å²) in [6.45, 7) is 10.8. The molecule has 0 bridgehead atoms. The highest BCUT2D eigenvalue weighted by Crippen LogP contribution is 2.36. The molecule has 1 aromatic rings. The molecule has 0 heterocycles. The van der Waals surface area contributed by atoms with Gasteiger partial charge in [0.05, 0.1) is 19.1 Å². The van der Waals surface area contributed by atoms with E-state index < -0.39 is 38.0 Å². The molecule has 0 radical (unpaired) electrons. The van der Waals surface area contributed by atoms with Crippen LogP contribution in [0.15, 0.2) is 24.3 Å². The molecule has 0 aliphatic rings. The van der Waals surface area contributed by atoms with Crippen molar-refractivity contribution in [2.75, 3.05) is 13.7 Å². The first-order valence-corrected chi connectivity index (χ1v) is 12.3. The van der Waals surface area contributed by atoms with Crippen LogP contribution in [0.2, 0.25) is 18.1 Å². The van der Waals surface area contributed by atoms with E-state index >= 15 is 0 Å². The van der Waals surface area contributed by atoms with E-state index in [0.29, 0.717) is 5.56 Å². The Balaban J connectivity index is 2.68. The Kier molecular flexibility index (Phi) is 8.46. The first-order valence-electron chi connectivity index (χ1n) is 9.34. The van der Waals surface area contributed by atoms with E-state index in [-0.39, 0.29) is 24.5 Å². The fraction of sp³-hybridized carbons (Fsp3) is 0.600. The quantitative estimate of drug-likeness (QED) is 0.490. The van der Waals surface area contributed by atoms with Crippen LogP contribution in [0.1, 0.15) is 38.3 Å². The van der Waals surface area contributed by atoms with E-state index in [1.54, 1.807) is 0 Å². The zero-order valence-electron chi connectivity index (χ0n) is 17.8. The Hall–Kier alpha value is -1.87. The molecule has 0 aromatic heterocycles. The van der Waals surface area contributed by atoms with Crippen molar-refractivity contribution in [3.05, 3.63) is 35.4 Å². The van der Waals surface area contributed by atoms with E-state index in [4.69, 9.17) is 9.16 Å². The van der Waals surface area contributed by atoms with Gasteiger partial charge in [-0.25, -0.2) is 4.79 Å². The number of methoxy groups -OCH3 is 1. The van der Waals surface area contributed by atoms with Crippen LogP contribution in [0.5, 0.6) is 0 Å². The lowest BCUT2D eigenvalue weighted by Crippen LogP contribution is -2.45. The third kappa shape index (κ3) is 7.81. The standard InChI is InChI=1S/C20H30F3NO4Si/c1-19(2,3)29(5,6)28-12-11-16(18(26)27-4)24-17(25)13-14-7-9-15(10-8-14)20(21,22)23/h7-10,16H,11-13H2,1-6H3,(H,24,25)/t16-/m1/s1. The van der Waals surface area contributed by atoms with Gasteiger partial charge in [0.25, 0.3) is 0 Å². The van der Waals surface area contributed by atoms with Gasteiger partial charge in [0, 0.05) is 13.0 Å². The minimum absolute atomic E-state index is 0.0135. The fourth-order valence-electron chi connectivity index (χ4n) is 2.28. The molecular weight excluding hydrogens is 403 g/mol. The average molecular weight is 434 g/mol. The minimum atomic E-state index is -4.43. The lowest BCUT2D eigenvalue weighted by atomic mass is 10.1. The van der Waals surface area contributed by atoms with Gasteiger partial charge in [0.2, 0.25) is 5.91 Å². The normalized spacial score (nSPS) is 13.7. The summed E-state index contributed by atoms with van der Waals surface area (Å²) in [7, 11) is -0.767. The van der Waals surface area contributed by atoms with Crippen LogP contribution in [-0.4, -0.2) is 40.0 Å². The number of ether oxygens (including phenoxy) is 1. The van der Waals surface area contributed by atoms with Crippen molar-refractivity contribution in [3.63, 3.8) is 0 Å². The second-order valence-corrected chi connectivity index (χ2v) is 13.2. The highest BCUT2D eigenvalue weighted by molar-refractivity contribution is 6.74. The molecule has 1 rings (SSSR count). The van der Waals surface area contributed by atoms with Crippen molar-refractivity contribution in [1.82, 2.24) is 5.32 Å². The van der Waals surface area contributed by atoms with Gasteiger partial charge in [-0.15, -0.1) is 0 Å². The molecule has 0 saturated heterocycles. The van der Waals surface area contributed by atoms with E-state index in [1.807, 2.05) is 0 Å². The topological polar surface area (TPSA) is 64.6 Å². The van der Waals surface area contributed by atoms with Crippen molar-refractivity contribution in [2.45, 2.75) is 64.0 Å². The highest BCUT2D eigenvalue weighted by atomic mass is 28.4. The summed E-state index contributed by atoms with van der Waals surface area (Å²) in [6.07, 6.45) is -4.33. The van der Waals surface area contributed by atoms with Crippen molar-refractivity contribution in [1.29, 1.82) is 0 Å². The van der Waals surface area contributed by atoms with Gasteiger partial charge >= 0.3 is 12.1 Å². The summed E-state index contributed by atoms with van der Waals surface area (Å²) in [5.74, 6) is -1.07. The van der Waals surface area contributed by atoms with Crippen LogP contribution < -0.4 is 5.32 Å². The maximum absolute atomic E-state index is 12.6. The smallest absolute Gasteiger partial charge is 0.416 e. The molecule has 29 heavy (non-hydrogen) atoms. The Morgan fingerprint density at radius 1 is 1.10 bits per heavy atom. The Bertz CT molecular complexity index is 697. The zero-order chi connectivity index (χ0) is 22.5. The molecule has 0 unspecified atom stereocenters. The molecule has 0 saturated carbocycles. The summed E-state index contributed by atoms with van der Waals surface area (Å²) in [5.41, 5.74) is -0.367. The maximum atomic E-state index is 12.6. The third-order valence-corrected chi connectivity index (χ3v) is 9.68. The zero-order valence-corrected chi connectivity index (χ0v) is 18.8. The summed E-state index contributed by atoms with van der Waals surface area (Å²) in [5, 5.41) is 2.60. The van der Waals surface area contributed by atoms with Gasteiger partial charge < -0.3 is 14.5 Å². The van der Waals surface area contributed by atoms with Gasteiger partial charge in [-0.3, -0.25) is 4.79 Å². The van der Waals surface area contributed by atoms with E-state index in [1.165, 1.54) is 19.2 Å². The maximum Gasteiger partial charge on any atom is 0.416 e. The molecule has 1 amide bonds. The van der Waals surface area contributed by atoms with Crippen molar-refractivity contribution >= 4 is 20.2 Å². The number of esters is 1. The Morgan fingerprint density at radius 2 is 1.66 bits per heavy atom. The van der Waals surface area contributed by atoms with Crippen LogP contribution >= 0.6 is 0 Å². The first-order chi connectivity index (χ1) is 13.2. The minimum Gasteiger partial charge on any atom is -0.467 e. The highest BCUT2D eigenvalue weighted by Gasteiger charge is 2.37. The van der Waals surface area contributed by atoms with Crippen molar-refractivity contribution < 1.29 is 31.9 Å². The van der Waals surface area contributed by atoms with Gasteiger partial charge in [0.1, 0.15) is 6.04 Å². The van der Waals surface area contributed by atoms with Gasteiger partial charge in [-0.05, 0) is 35.8 Å². The van der Waals surface area contributed by atoms with E-state index in [0.717, 1.165) is 12.1 Å². The molecule has 0 spiro atoms. The molecule has 1 aromatic carbocycles. The van der Waals surface area contributed by atoms with Crippen LogP contribution in [0, 0.1) is 0 Å². The van der Waals surface area contributed by atoms with Gasteiger partial charge in [-0.2, -0.15) is 13.2 Å². The number of carbonyl (C=O) groups excluding carboxylic acids is 2. The summed E-state index contributed by atoms with van der Waals surface area (Å²) < 4.78 is 48.6. The molecule has 9 heteroatoms. The molecular formula is C20H30F3NO4Si. The Labute approximate surface area is 171 Å². The van der Waals surface area contributed by atoms with Crippen LogP contribution in [0.4, 0.5) is 13.2 Å². The largest absolute Gasteiger partial charge is 0.467 e. The predicted molar refractivity (Wildman–Crippen MR) is 107 cm³/mol. The monoisotopic (exact) mass is 433 g/mol. The van der Waals surface area contributed by atoms with E-state index in [2.05, 4.69) is 39.2 Å². The van der Waals surface area contributed by atoms with E-state index in [9.17, 15) is 22.8 Å².